The lowest BCUT2D eigenvalue weighted by atomic mass is 9.77. The number of aromatic nitrogens is 2. The van der Waals surface area contributed by atoms with Crippen LogP contribution in [0, 0.1) is 5.82 Å². The van der Waals surface area contributed by atoms with Gasteiger partial charge in [0.2, 0.25) is 0 Å². The first kappa shape index (κ1) is 18.3. The molecule has 1 aliphatic heterocycles. The summed E-state index contributed by atoms with van der Waals surface area (Å²) in [5, 5.41) is 0. The first-order chi connectivity index (χ1) is 14.0. The van der Waals surface area contributed by atoms with Crippen LogP contribution in [0.25, 0.3) is 0 Å². The maximum absolute atomic E-state index is 14.5. The largest absolute Gasteiger partial charge is 0.496 e. The lowest BCUT2D eigenvalue weighted by Gasteiger charge is -2.40. The molecular weight excluding hydrogens is 373 g/mol. The quantitative estimate of drug-likeness (QED) is 0.864. The summed E-state index contributed by atoms with van der Waals surface area (Å²) < 4.78 is 19.7. The molecule has 1 unspecified atom stereocenters. The fourth-order valence-electron chi connectivity index (χ4n) is 4.96. The van der Waals surface area contributed by atoms with E-state index < -0.39 is 5.82 Å². The van der Waals surface area contributed by atoms with Gasteiger partial charge >= 0.3 is 0 Å². The summed E-state index contributed by atoms with van der Waals surface area (Å²) in [5.74, 6) is 0.446. The van der Waals surface area contributed by atoms with Crippen LogP contribution in [0.3, 0.4) is 0 Å². The van der Waals surface area contributed by atoms with Crippen LogP contribution < -0.4 is 10.3 Å². The number of fused-ring (bicyclic) bond motifs is 2. The molecule has 3 aliphatic rings. The summed E-state index contributed by atoms with van der Waals surface area (Å²) in [7, 11) is 1.44. The van der Waals surface area contributed by atoms with Gasteiger partial charge in [-0.25, -0.2) is 9.37 Å². The average Bonchev–Trinajstić information content (AvgIpc) is 3.52. The molecule has 29 heavy (non-hydrogen) atoms. The lowest BCUT2D eigenvalue weighted by Crippen LogP contribution is -2.48. The van der Waals surface area contributed by atoms with Gasteiger partial charge in [0.05, 0.1) is 12.8 Å². The number of H-pyrrole nitrogens is 1. The molecule has 2 aliphatic carbocycles. The molecule has 1 aromatic heterocycles. The van der Waals surface area contributed by atoms with E-state index >= 15 is 0 Å². The van der Waals surface area contributed by atoms with Gasteiger partial charge in [0.1, 0.15) is 23.0 Å². The van der Waals surface area contributed by atoms with Gasteiger partial charge < -0.3 is 14.6 Å². The van der Waals surface area contributed by atoms with Crippen molar-refractivity contribution in [3.05, 3.63) is 57.0 Å². The highest BCUT2D eigenvalue weighted by atomic mass is 19.1. The first-order valence-electron chi connectivity index (χ1n) is 10.3. The zero-order valence-corrected chi connectivity index (χ0v) is 16.5. The molecule has 5 rings (SSSR count). The number of hydrogen-bond acceptors (Lipinski definition) is 4. The van der Waals surface area contributed by atoms with Crippen LogP contribution in [0.2, 0.25) is 0 Å². The van der Waals surface area contributed by atoms with Crippen molar-refractivity contribution >= 4 is 5.91 Å². The zero-order valence-electron chi connectivity index (χ0n) is 16.5. The molecule has 7 heteroatoms. The average molecular weight is 397 g/mol. The highest BCUT2D eigenvalue weighted by molar-refractivity contribution is 5.97. The minimum atomic E-state index is -0.577. The van der Waals surface area contributed by atoms with Gasteiger partial charge in [-0.3, -0.25) is 9.59 Å². The van der Waals surface area contributed by atoms with E-state index in [0.717, 1.165) is 49.2 Å². The highest BCUT2D eigenvalue weighted by Gasteiger charge is 2.46. The Morgan fingerprint density at radius 1 is 1.34 bits per heavy atom. The smallest absolute Gasteiger partial charge is 0.260 e. The predicted octanol–water partition coefficient (Wildman–Crippen LogP) is 2.92. The van der Waals surface area contributed by atoms with Crippen LogP contribution in [0.5, 0.6) is 5.75 Å². The molecule has 2 aromatic rings. The van der Waals surface area contributed by atoms with Crippen molar-refractivity contribution in [2.45, 2.75) is 49.9 Å². The van der Waals surface area contributed by atoms with Crippen molar-refractivity contribution in [2.75, 3.05) is 20.2 Å². The molecule has 6 nitrogen and oxygen atoms in total. The van der Waals surface area contributed by atoms with Crippen molar-refractivity contribution in [3.8, 4) is 5.75 Å². The number of piperidine rings is 1. The molecule has 1 amide bonds. The lowest BCUT2D eigenvalue weighted by molar-refractivity contribution is 0.0625. The number of nitrogens with one attached hydrogen (secondary N) is 1. The second kappa shape index (κ2) is 6.68. The van der Waals surface area contributed by atoms with E-state index in [1.165, 1.54) is 19.2 Å². The summed E-state index contributed by atoms with van der Waals surface area (Å²) >= 11 is 0. The maximum Gasteiger partial charge on any atom is 0.260 e. The van der Waals surface area contributed by atoms with Crippen molar-refractivity contribution in [1.82, 2.24) is 14.9 Å². The third-order valence-corrected chi connectivity index (χ3v) is 6.63. The molecule has 0 bridgehead atoms. The van der Waals surface area contributed by atoms with E-state index in [2.05, 4.69) is 4.98 Å². The van der Waals surface area contributed by atoms with Gasteiger partial charge in [-0.1, -0.05) is 6.07 Å². The Bertz CT molecular complexity index is 1050. The van der Waals surface area contributed by atoms with Crippen molar-refractivity contribution < 1.29 is 13.9 Å². The molecule has 1 aromatic carbocycles. The Labute approximate surface area is 168 Å². The number of carbonyl (C=O) groups is 1. The minimum Gasteiger partial charge on any atom is -0.496 e. The molecule has 1 saturated heterocycles. The van der Waals surface area contributed by atoms with Gasteiger partial charge in [0.15, 0.2) is 0 Å². The zero-order chi connectivity index (χ0) is 20.2. The third kappa shape index (κ3) is 2.94. The molecule has 1 N–H and O–H groups in total. The second-order valence-corrected chi connectivity index (χ2v) is 8.48. The van der Waals surface area contributed by atoms with Crippen LogP contribution in [-0.2, 0) is 11.8 Å². The first-order valence-corrected chi connectivity index (χ1v) is 10.3. The Morgan fingerprint density at radius 2 is 2.17 bits per heavy atom. The Balaban J connectivity index is 1.50. The van der Waals surface area contributed by atoms with Crippen molar-refractivity contribution in [1.29, 1.82) is 0 Å². The molecule has 1 atom stereocenters. The second-order valence-electron chi connectivity index (χ2n) is 8.48. The number of amides is 1. The SMILES string of the molecule is COc1cccc(F)c1C(=O)N1CCCC2(CCc3c2nc(C2CC2)[nH]c3=O)C1. The number of methoxy groups -OCH3 is 1. The van der Waals surface area contributed by atoms with E-state index in [0.29, 0.717) is 25.4 Å². The van der Waals surface area contributed by atoms with Crippen molar-refractivity contribution in [3.63, 3.8) is 0 Å². The number of halogens is 1. The highest BCUT2D eigenvalue weighted by Crippen LogP contribution is 2.45. The number of rotatable bonds is 3. The minimum absolute atomic E-state index is 0.0252. The van der Waals surface area contributed by atoms with E-state index in [1.807, 2.05) is 0 Å². The third-order valence-electron chi connectivity index (χ3n) is 6.63. The van der Waals surface area contributed by atoms with E-state index in [-0.39, 0.29) is 28.2 Å². The van der Waals surface area contributed by atoms with E-state index in [4.69, 9.17) is 9.72 Å². The molecule has 1 spiro atoms. The fourth-order valence-corrected chi connectivity index (χ4v) is 4.96. The monoisotopic (exact) mass is 397 g/mol. The Kier molecular flexibility index (Phi) is 4.22. The predicted molar refractivity (Wildman–Crippen MR) is 105 cm³/mol. The van der Waals surface area contributed by atoms with Crippen LogP contribution in [0.15, 0.2) is 23.0 Å². The Hall–Kier alpha value is -2.70. The number of ether oxygens (including phenoxy) is 1. The molecule has 2 fully saturated rings. The van der Waals surface area contributed by atoms with Crippen LogP contribution >= 0.6 is 0 Å². The van der Waals surface area contributed by atoms with Gasteiger partial charge in [-0.05, 0) is 50.7 Å². The molecule has 0 radical (unpaired) electrons. The van der Waals surface area contributed by atoms with Gasteiger partial charge in [0, 0.05) is 30.0 Å². The summed E-state index contributed by atoms with van der Waals surface area (Å²) in [6.07, 6.45) is 5.28. The number of nitrogens with zero attached hydrogens (tertiary/aromatic N) is 2. The number of likely N-dealkylation sites (tertiary alicyclic amines) is 1. The normalized spacial score (nSPS) is 23.3. The summed E-state index contributed by atoms with van der Waals surface area (Å²) in [6, 6.07) is 4.42. The number of aromatic amines is 1. The van der Waals surface area contributed by atoms with E-state index in [1.54, 1.807) is 11.0 Å². The Morgan fingerprint density at radius 3 is 2.93 bits per heavy atom. The number of carbonyl (C=O) groups excluding carboxylic acids is 1. The molecule has 152 valence electrons. The van der Waals surface area contributed by atoms with Gasteiger partial charge in [0.25, 0.3) is 11.5 Å². The number of benzene rings is 1. The van der Waals surface area contributed by atoms with Gasteiger partial charge in [-0.2, -0.15) is 0 Å². The summed E-state index contributed by atoms with van der Waals surface area (Å²) in [4.78, 5) is 35.4. The fraction of sp³-hybridized carbons (Fsp3) is 0.500. The van der Waals surface area contributed by atoms with Crippen LogP contribution in [-0.4, -0.2) is 41.0 Å². The van der Waals surface area contributed by atoms with Crippen LogP contribution in [0.4, 0.5) is 4.39 Å². The van der Waals surface area contributed by atoms with Crippen molar-refractivity contribution in [2.24, 2.45) is 0 Å². The van der Waals surface area contributed by atoms with Crippen LogP contribution in [0.1, 0.15) is 65.5 Å². The topological polar surface area (TPSA) is 75.3 Å². The molecular formula is C22H24FN3O3. The standard InChI is InChI=1S/C22H24FN3O3/c1-29-16-5-2-4-15(23)17(16)21(28)26-11-3-9-22(12-26)10-8-14-18(22)24-19(13-6-7-13)25-20(14)27/h2,4-5,13H,3,6-12H2,1H3,(H,24,25,27). The summed E-state index contributed by atoms with van der Waals surface area (Å²) in [6.45, 7) is 1.02. The van der Waals surface area contributed by atoms with Gasteiger partial charge in [-0.15, -0.1) is 0 Å². The molecule has 1 saturated carbocycles. The number of hydrogen-bond donors (Lipinski definition) is 1. The maximum atomic E-state index is 14.5. The summed E-state index contributed by atoms with van der Waals surface area (Å²) in [5.41, 5.74) is 1.24. The van der Waals surface area contributed by atoms with E-state index in [9.17, 15) is 14.0 Å². The molecule has 2 heterocycles.